The van der Waals surface area contributed by atoms with E-state index in [1.54, 1.807) is 0 Å². The molecule has 2 rings (SSSR count). The first-order valence-corrected chi connectivity index (χ1v) is 12.5. The Labute approximate surface area is 212 Å². The van der Waals surface area contributed by atoms with E-state index in [1.165, 1.54) is 0 Å². The van der Waals surface area contributed by atoms with Gasteiger partial charge in [-0.05, 0) is 30.5 Å². The summed E-state index contributed by atoms with van der Waals surface area (Å²) in [7, 11) is 0. The maximum absolute atomic E-state index is 12.2. The van der Waals surface area contributed by atoms with Gasteiger partial charge in [0.05, 0.1) is 32.8 Å². The highest BCUT2D eigenvalue weighted by Crippen LogP contribution is 2.17. The summed E-state index contributed by atoms with van der Waals surface area (Å²) >= 11 is 0. The Balaban J connectivity index is 1.83. The molecule has 7 N–H and O–H groups in total. The highest BCUT2D eigenvalue weighted by Gasteiger charge is 2.08. The minimum absolute atomic E-state index is 0.0717. The zero-order chi connectivity index (χ0) is 25.8. The third-order valence-electron chi connectivity index (χ3n) is 4.84. The molecule has 12 heteroatoms. The Morgan fingerprint density at radius 3 is 2.17 bits per heavy atom. The van der Waals surface area contributed by atoms with Gasteiger partial charge < -0.3 is 41.6 Å². The fourth-order valence-electron chi connectivity index (χ4n) is 3.00. The lowest BCUT2D eigenvalue weighted by Gasteiger charge is -2.11. The van der Waals surface area contributed by atoms with Gasteiger partial charge in [0.2, 0.25) is 23.8 Å². The number of nitrogens with zero attached hydrogens (tertiary/aromatic N) is 3. The number of ether oxygens (including phenoxy) is 2. The van der Waals surface area contributed by atoms with E-state index < -0.39 is 0 Å². The van der Waals surface area contributed by atoms with Gasteiger partial charge in [-0.1, -0.05) is 25.5 Å². The fourth-order valence-corrected chi connectivity index (χ4v) is 3.00. The van der Waals surface area contributed by atoms with Crippen molar-refractivity contribution >= 4 is 29.4 Å². The standard InChI is InChI=1S/C24H40N8O4/c1-2-3-10-27-22-30-23(28-11-4-13-33)32-24(31-22)29-20-7-5-19(6-8-20)18-21(34)26-12-15-36-17-16-35-14-9-25/h5-8,33H,2-4,9-18,25H2,1H3,(H,26,34)(H3,27,28,29,30,31,32). The van der Waals surface area contributed by atoms with Crippen LogP contribution in [0.25, 0.3) is 0 Å². The monoisotopic (exact) mass is 504 g/mol. The van der Waals surface area contributed by atoms with Crippen LogP contribution in [0.4, 0.5) is 23.5 Å². The Bertz CT molecular complexity index is 841. The molecule has 200 valence electrons. The van der Waals surface area contributed by atoms with Crippen molar-refractivity contribution in [2.24, 2.45) is 5.73 Å². The van der Waals surface area contributed by atoms with Crippen LogP contribution in [0, 0.1) is 0 Å². The Hall–Kier alpha value is -3.06. The summed E-state index contributed by atoms with van der Waals surface area (Å²) in [6, 6.07) is 7.52. The normalized spacial score (nSPS) is 10.8. The van der Waals surface area contributed by atoms with Gasteiger partial charge in [-0.25, -0.2) is 0 Å². The second kappa shape index (κ2) is 18.2. The summed E-state index contributed by atoms with van der Waals surface area (Å²) < 4.78 is 10.6. The quantitative estimate of drug-likeness (QED) is 0.144. The first kappa shape index (κ1) is 29.2. The third-order valence-corrected chi connectivity index (χ3v) is 4.84. The molecule has 1 heterocycles. The zero-order valence-corrected chi connectivity index (χ0v) is 21.1. The molecule has 0 aliphatic rings. The second-order valence-electron chi connectivity index (χ2n) is 7.95. The molecule has 0 atom stereocenters. The highest BCUT2D eigenvalue weighted by atomic mass is 16.5. The number of amides is 1. The predicted molar refractivity (Wildman–Crippen MR) is 141 cm³/mol. The maximum Gasteiger partial charge on any atom is 0.233 e. The van der Waals surface area contributed by atoms with E-state index in [9.17, 15) is 4.79 Å². The molecule has 1 amide bonds. The van der Waals surface area contributed by atoms with Gasteiger partial charge in [0, 0.05) is 38.5 Å². The molecule has 0 saturated carbocycles. The van der Waals surface area contributed by atoms with E-state index in [2.05, 4.69) is 43.1 Å². The molecule has 2 aromatic rings. The van der Waals surface area contributed by atoms with E-state index in [1.807, 2.05) is 24.3 Å². The van der Waals surface area contributed by atoms with Crippen molar-refractivity contribution in [3.8, 4) is 0 Å². The molecule has 12 nitrogen and oxygen atoms in total. The number of hydrogen-bond acceptors (Lipinski definition) is 11. The van der Waals surface area contributed by atoms with Crippen molar-refractivity contribution in [2.45, 2.75) is 32.6 Å². The van der Waals surface area contributed by atoms with Crippen LogP contribution >= 0.6 is 0 Å². The number of benzene rings is 1. The van der Waals surface area contributed by atoms with E-state index in [0.29, 0.717) is 70.3 Å². The smallest absolute Gasteiger partial charge is 0.233 e. The second-order valence-corrected chi connectivity index (χ2v) is 7.95. The molecule has 1 aromatic carbocycles. The van der Waals surface area contributed by atoms with Crippen LogP contribution in [0.15, 0.2) is 24.3 Å². The van der Waals surface area contributed by atoms with Crippen LogP contribution in [-0.2, 0) is 20.7 Å². The molecule has 0 bridgehead atoms. The zero-order valence-electron chi connectivity index (χ0n) is 21.1. The molecule has 36 heavy (non-hydrogen) atoms. The van der Waals surface area contributed by atoms with Crippen LogP contribution in [0.1, 0.15) is 31.7 Å². The molecule has 0 spiro atoms. The van der Waals surface area contributed by atoms with Crippen molar-refractivity contribution in [1.82, 2.24) is 20.3 Å². The van der Waals surface area contributed by atoms with Gasteiger partial charge in [0.15, 0.2) is 0 Å². The van der Waals surface area contributed by atoms with E-state index in [0.717, 1.165) is 30.6 Å². The summed E-state index contributed by atoms with van der Waals surface area (Å²) in [4.78, 5) is 25.4. The average molecular weight is 505 g/mol. The first-order valence-electron chi connectivity index (χ1n) is 12.5. The molecule has 0 aliphatic heterocycles. The van der Waals surface area contributed by atoms with Crippen molar-refractivity contribution in [2.75, 3.05) is 75.2 Å². The first-order chi connectivity index (χ1) is 17.6. The van der Waals surface area contributed by atoms with Crippen molar-refractivity contribution in [1.29, 1.82) is 0 Å². The van der Waals surface area contributed by atoms with E-state index in [4.69, 9.17) is 20.3 Å². The maximum atomic E-state index is 12.2. The number of rotatable bonds is 20. The molecule has 1 aromatic heterocycles. The number of anilines is 4. The van der Waals surface area contributed by atoms with Gasteiger partial charge in [0.25, 0.3) is 0 Å². The minimum Gasteiger partial charge on any atom is -0.396 e. The number of nitrogens with two attached hydrogens (primary N) is 1. The summed E-state index contributed by atoms with van der Waals surface area (Å²) in [5, 5.41) is 21.4. The lowest BCUT2D eigenvalue weighted by atomic mass is 10.1. The molecule has 0 radical (unpaired) electrons. The van der Waals surface area contributed by atoms with Crippen LogP contribution in [0.2, 0.25) is 0 Å². The Kier molecular flexibility index (Phi) is 14.8. The minimum atomic E-state index is -0.0717. The Morgan fingerprint density at radius 1 is 0.889 bits per heavy atom. The number of aliphatic hydroxyl groups excluding tert-OH is 1. The molecule has 0 aliphatic carbocycles. The van der Waals surface area contributed by atoms with Gasteiger partial charge >= 0.3 is 0 Å². The van der Waals surface area contributed by atoms with Gasteiger partial charge in [-0.15, -0.1) is 0 Å². The molecule has 0 unspecified atom stereocenters. The van der Waals surface area contributed by atoms with Crippen LogP contribution in [0.5, 0.6) is 0 Å². The molecular weight excluding hydrogens is 464 g/mol. The van der Waals surface area contributed by atoms with Crippen molar-refractivity contribution in [3.05, 3.63) is 29.8 Å². The number of nitrogens with one attached hydrogen (secondary N) is 4. The SMILES string of the molecule is CCCCNc1nc(NCCCO)nc(Nc2ccc(CC(=O)NCCOCCOCCN)cc2)n1. The van der Waals surface area contributed by atoms with Crippen LogP contribution < -0.4 is 27.0 Å². The lowest BCUT2D eigenvalue weighted by Crippen LogP contribution is -2.29. The third kappa shape index (κ3) is 12.6. The number of aromatic nitrogens is 3. The topological polar surface area (TPSA) is 169 Å². The highest BCUT2D eigenvalue weighted by molar-refractivity contribution is 5.78. The average Bonchev–Trinajstić information content (AvgIpc) is 2.87. The van der Waals surface area contributed by atoms with Crippen LogP contribution in [-0.4, -0.2) is 85.2 Å². The number of carbonyl (C=O) groups is 1. The number of unbranched alkanes of at least 4 members (excludes halogenated alkanes) is 1. The van der Waals surface area contributed by atoms with Crippen molar-refractivity contribution in [3.63, 3.8) is 0 Å². The summed E-state index contributed by atoms with van der Waals surface area (Å²) in [5.41, 5.74) is 7.02. The number of carbonyl (C=O) groups excluding carboxylic acids is 1. The van der Waals surface area contributed by atoms with Gasteiger partial charge in [-0.3, -0.25) is 4.79 Å². The number of hydrogen-bond donors (Lipinski definition) is 6. The van der Waals surface area contributed by atoms with Gasteiger partial charge in [0.1, 0.15) is 0 Å². The van der Waals surface area contributed by atoms with Crippen molar-refractivity contribution < 1.29 is 19.4 Å². The molecular formula is C24H40N8O4. The molecule has 0 saturated heterocycles. The molecule has 0 fully saturated rings. The predicted octanol–water partition coefficient (Wildman–Crippen LogP) is 1.27. The summed E-state index contributed by atoms with van der Waals surface area (Å²) in [6.07, 6.45) is 2.94. The summed E-state index contributed by atoms with van der Waals surface area (Å²) in [6.45, 7) is 6.38. The number of aliphatic hydroxyl groups is 1. The summed E-state index contributed by atoms with van der Waals surface area (Å²) in [5.74, 6) is 1.24. The fraction of sp³-hybridized carbons (Fsp3) is 0.583. The van der Waals surface area contributed by atoms with Crippen LogP contribution in [0.3, 0.4) is 0 Å². The Morgan fingerprint density at radius 2 is 1.53 bits per heavy atom. The van der Waals surface area contributed by atoms with Gasteiger partial charge in [-0.2, -0.15) is 15.0 Å². The largest absolute Gasteiger partial charge is 0.396 e. The lowest BCUT2D eigenvalue weighted by molar-refractivity contribution is -0.120. The van der Waals surface area contributed by atoms with E-state index in [-0.39, 0.29) is 18.9 Å². The van der Waals surface area contributed by atoms with E-state index >= 15 is 0 Å².